The number of anilines is 1. The molecule has 3 rings (SSSR count). The van der Waals surface area contributed by atoms with Crippen molar-refractivity contribution < 1.29 is 27.5 Å². The number of ether oxygens (including phenoxy) is 1. The average Bonchev–Trinajstić information content (AvgIpc) is 2.68. The van der Waals surface area contributed by atoms with Crippen LogP contribution in [0.2, 0.25) is 0 Å². The SMILES string of the molecule is COc1cc(=O)n(C)cc1C(=O)N1CCN(c2ccnc(C(F)(F)F)c2)C(=O)C1. The Morgan fingerprint density at radius 3 is 2.55 bits per heavy atom. The molecule has 1 aliphatic heterocycles. The Morgan fingerprint density at radius 1 is 1.21 bits per heavy atom. The predicted octanol–water partition coefficient (Wildman–Crippen LogP) is 1.30. The lowest BCUT2D eigenvalue weighted by Crippen LogP contribution is -2.52. The zero-order valence-electron chi connectivity index (χ0n) is 15.6. The largest absolute Gasteiger partial charge is 0.496 e. The third-order valence-corrected chi connectivity index (χ3v) is 4.49. The number of carbonyl (C=O) groups is 2. The number of methoxy groups -OCH3 is 1. The monoisotopic (exact) mass is 410 g/mol. The van der Waals surface area contributed by atoms with Gasteiger partial charge in [-0.25, -0.2) is 0 Å². The first kappa shape index (κ1) is 20.4. The minimum absolute atomic E-state index is 0.0139. The maximum Gasteiger partial charge on any atom is 0.433 e. The van der Waals surface area contributed by atoms with Gasteiger partial charge in [0.25, 0.3) is 11.5 Å². The summed E-state index contributed by atoms with van der Waals surface area (Å²) in [7, 11) is 2.79. The summed E-state index contributed by atoms with van der Waals surface area (Å²) in [5, 5.41) is 0. The molecule has 0 radical (unpaired) electrons. The van der Waals surface area contributed by atoms with Crippen LogP contribution < -0.4 is 15.2 Å². The Bertz CT molecular complexity index is 1020. The lowest BCUT2D eigenvalue weighted by Gasteiger charge is -2.34. The van der Waals surface area contributed by atoms with Crippen molar-refractivity contribution in [2.45, 2.75) is 6.18 Å². The summed E-state index contributed by atoms with van der Waals surface area (Å²) in [6.45, 7) is -0.214. The molecule has 3 heterocycles. The highest BCUT2D eigenvalue weighted by molar-refractivity contribution is 6.02. The maximum atomic E-state index is 12.9. The van der Waals surface area contributed by atoms with Crippen molar-refractivity contribution in [2.24, 2.45) is 7.05 Å². The van der Waals surface area contributed by atoms with Crippen molar-refractivity contribution in [1.29, 1.82) is 0 Å². The Kier molecular flexibility index (Phi) is 5.31. The zero-order valence-corrected chi connectivity index (χ0v) is 15.6. The zero-order chi connectivity index (χ0) is 21.3. The predicted molar refractivity (Wildman–Crippen MR) is 95.7 cm³/mol. The van der Waals surface area contributed by atoms with Crippen LogP contribution in [0, 0.1) is 0 Å². The van der Waals surface area contributed by atoms with E-state index in [4.69, 9.17) is 4.74 Å². The van der Waals surface area contributed by atoms with Gasteiger partial charge in [-0.2, -0.15) is 13.2 Å². The number of aryl methyl sites for hydroxylation is 1. The number of hydrogen-bond acceptors (Lipinski definition) is 5. The van der Waals surface area contributed by atoms with Gasteiger partial charge >= 0.3 is 6.18 Å². The fourth-order valence-electron chi connectivity index (χ4n) is 2.97. The van der Waals surface area contributed by atoms with E-state index in [0.29, 0.717) is 0 Å². The van der Waals surface area contributed by atoms with E-state index in [9.17, 15) is 27.6 Å². The van der Waals surface area contributed by atoms with Crippen molar-refractivity contribution in [1.82, 2.24) is 14.5 Å². The van der Waals surface area contributed by atoms with E-state index in [0.717, 1.165) is 12.3 Å². The first-order valence-electron chi connectivity index (χ1n) is 8.49. The van der Waals surface area contributed by atoms with Gasteiger partial charge in [0.2, 0.25) is 5.91 Å². The van der Waals surface area contributed by atoms with Crippen LogP contribution in [0.25, 0.3) is 0 Å². The highest BCUT2D eigenvalue weighted by Gasteiger charge is 2.35. The third kappa shape index (κ3) is 4.08. The number of alkyl halides is 3. The molecule has 2 amide bonds. The van der Waals surface area contributed by atoms with E-state index in [-0.39, 0.29) is 42.2 Å². The highest BCUT2D eigenvalue weighted by Crippen LogP contribution is 2.30. The van der Waals surface area contributed by atoms with Gasteiger partial charge in [0.15, 0.2) is 0 Å². The molecule has 0 aromatic carbocycles. The molecule has 29 heavy (non-hydrogen) atoms. The molecule has 1 aliphatic rings. The molecule has 0 saturated carbocycles. The van der Waals surface area contributed by atoms with E-state index in [2.05, 4.69) is 4.98 Å². The van der Waals surface area contributed by atoms with Crippen molar-refractivity contribution >= 4 is 17.5 Å². The van der Waals surface area contributed by atoms with Gasteiger partial charge in [0.1, 0.15) is 18.0 Å². The van der Waals surface area contributed by atoms with Crippen molar-refractivity contribution in [3.05, 3.63) is 52.2 Å². The Balaban J connectivity index is 1.81. The van der Waals surface area contributed by atoms with Crippen molar-refractivity contribution in [3.63, 3.8) is 0 Å². The molecule has 2 aromatic heterocycles. The molecule has 0 unspecified atom stereocenters. The summed E-state index contributed by atoms with van der Waals surface area (Å²) in [4.78, 5) is 42.8. The number of carbonyl (C=O) groups excluding carboxylic acids is 2. The number of halogens is 3. The molecule has 0 bridgehead atoms. The number of nitrogens with zero attached hydrogens (tertiary/aromatic N) is 4. The van der Waals surface area contributed by atoms with Crippen LogP contribution in [0.5, 0.6) is 5.75 Å². The van der Waals surface area contributed by atoms with Gasteiger partial charge in [-0.15, -0.1) is 0 Å². The van der Waals surface area contributed by atoms with Crippen LogP contribution in [0.4, 0.5) is 18.9 Å². The lowest BCUT2D eigenvalue weighted by molar-refractivity contribution is -0.141. The number of hydrogen-bond donors (Lipinski definition) is 0. The second-order valence-corrected chi connectivity index (χ2v) is 6.37. The average molecular weight is 410 g/mol. The summed E-state index contributed by atoms with van der Waals surface area (Å²) in [5.74, 6) is -0.971. The lowest BCUT2D eigenvalue weighted by atomic mass is 10.2. The quantitative estimate of drug-likeness (QED) is 0.762. The first-order valence-corrected chi connectivity index (χ1v) is 8.49. The number of piperazine rings is 1. The smallest absolute Gasteiger partial charge is 0.433 e. The van der Waals surface area contributed by atoms with Gasteiger partial charge < -0.3 is 19.1 Å². The van der Waals surface area contributed by atoms with Gasteiger partial charge in [-0.1, -0.05) is 0 Å². The van der Waals surface area contributed by atoms with Crippen LogP contribution in [0.15, 0.2) is 35.4 Å². The molecule has 2 aromatic rings. The van der Waals surface area contributed by atoms with E-state index < -0.39 is 23.7 Å². The maximum absolute atomic E-state index is 12.9. The summed E-state index contributed by atoms with van der Waals surface area (Å²) in [5.41, 5.74) is -1.29. The summed E-state index contributed by atoms with van der Waals surface area (Å²) in [6.07, 6.45) is -2.33. The number of pyridine rings is 2. The number of aromatic nitrogens is 2. The topological polar surface area (TPSA) is 84.7 Å². The van der Waals surface area contributed by atoms with Gasteiger partial charge in [0, 0.05) is 44.3 Å². The van der Waals surface area contributed by atoms with Crippen LogP contribution in [0.1, 0.15) is 16.1 Å². The molecule has 0 aliphatic carbocycles. The summed E-state index contributed by atoms with van der Waals surface area (Å²) < 4.78 is 44.9. The van der Waals surface area contributed by atoms with E-state index >= 15 is 0 Å². The standard InChI is InChI=1S/C18H17F3N4O4/c1-23-9-12(13(29-2)8-15(23)26)17(28)24-5-6-25(16(27)10-24)11-3-4-22-14(7-11)18(19,20)21/h3-4,7-9H,5-6,10H2,1-2H3. The molecule has 0 N–H and O–H groups in total. The molecule has 8 nitrogen and oxygen atoms in total. The second kappa shape index (κ2) is 7.57. The number of amides is 2. The van der Waals surface area contributed by atoms with Crippen LogP contribution in [-0.2, 0) is 18.0 Å². The Labute approximate surface area is 163 Å². The highest BCUT2D eigenvalue weighted by atomic mass is 19.4. The number of rotatable bonds is 3. The van der Waals surface area contributed by atoms with Gasteiger partial charge in [0.05, 0.1) is 12.7 Å². The first-order chi connectivity index (χ1) is 13.6. The minimum atomic E-state index is -4.63. The molecule has 1 fully saturated rings. The van der Waals surface area contributed by atoms with Crippen LogP contribution in [-0.4, -0.2) is 53.0 Å². The van der Waals surface area contributed by atoms with Crippen molar-refractivity contribution in [2.75, 3.05) is 31.6 Å². The molecule has 1 saturated heterocycles. The van der Waals surface area contributed by atoms with E-state index in [1.807, 2.05) is 0 Å². The van der Waals surface area contributed by atoms with Crippen LogP contribution >= 0.6 is 0 Å². The Hall–Kier alpha value is -3.37. The minimum Gasteiger partial charge on any atom is -0.496 e. The van der Waals surface area contributed by atoms with E-state index in [1.165, 1.54) is 46.9 Å². The summed E-state index contributed by atoms with van der Waals surface area (Å²) in [6, 6.07) is 3.27. The molecule has 0 atom stereocenters. The van der Waals surface area contributed by atoms with Crippen molar-refractivity contribution in [3.8, 4) is 5.75 Å². The second-order valence-electron chi connectivity index (χ2n) is 6.37. The molecular weight excluding hydrogens is 393 g/mol. The van der Waals surface area contributed by atoms with E-state index in [1.54, 1.807) is 0 Å². The summed E-state index contributed by atoms with van der Waals surface area (Å²) >= 11 is 0. The van der Waals surface area contributed by atoms with Crippen LogP contribution in [0.3, 0.4) is 0 Å². The van der Waals surface area contributed by atoms with Gasteiger partial charge in [-0.3, -0.25) is 19.4 Å². The molecule has 154 valence electrons. The third-order valence-electron chi connectivity index (χ3n) is 4.49. The molecule has 11 heteroatoms. The fraction of sp³-hybridized carbons (Fsp3) is 0.333. The Morgan fingerprint density at radius 2 is 1.93 bits per heavy atom. The normalized spacial score (nSPS) is 14.9. The molecule has 0 spiro atoms. The fourth-order valence-corrected chi connectivity index (χ4v) is 2.97. The van der Waals surface area contributed by atoms with Gasteiger partial charge in [-0.05, 0) is 12.1 Å². The molecular formula is C18H17F3N4O4.